The molecule has 0 atom stereocenters. The van der Waals surface area contributed by atoms with Gasteiger partial charge in [-0.15, -0.1) is 0 Å². The van der Waals surface area contributed by atoms with Gasteiger partial charge in [0.25, 0.3) is 0 Å². The third kappa shape index (κ3) is 3.02. The van der Waals surface area contributed by atoms with Crippen molar-refractivity contribution >= 4 is 5.78 Å². The fourth-order valence-corrected chi connectivity index (χ4v) is 1.98. The Morgan fingerprint density at radius 1 is 1.37 bits per heavy atom. The summed E-state index contributed by atoms with van der Waals surface area (Å²) in [6.07, 6.45) is 2.95. The molecule has 0 aliphatic rings. The maximum atomic E-state index is 13.5. The molecule has 0 saturated heterocycles. The molecule has 0 amide bonds. The number of benzene rings is 1. The lowest BCUT2D eigenvalue weighted by Crippen LogP contribution is -2.04. The van der Waals surface area contributed by atoms with Crippen LogP contribution in [0.5, 0.6) is 5.75 Å². The molecular formula is C15H16FNO2. The average Bonchev–Trinajstić information content (AvgIpc) is 2.81. The maximum Gasteiger partial charge on any atom is 0.165 e. The predicted octanol–water partition coefficient (Wildman–Crippen LogP) is 2.99. The molecule has 0 aliphatic heterocycles. The van der Waals surface area contributed by atoms with Crippen LogP contribution < -0.4 is 4.74 Å². The van der Waals surface area contributed by atoms with E-state index in [-0.39, 0.29) is 11.5 Å². The topological polar surface area (TPSA) is 31.2 Å². The molecule has 19 heavy (non-hydrogen) atoms. The summed E-state index contributed by atoms with van der Waals surface area (Å²) in [5.74, 6) is -0.422. The summed E-state index contributed by atoms with van der Waals surface area (Å²) in [4.78, 5) is 12.0. The van der Waals surface area contributed by atoms with Crippen LogP contribution >= 0.6 is 0 Å². The number of aryl methyl sites for hydroxylation is 2. The summed E-state index contributed by atoms with van der Waals surface area (Å²) in [7, 11) is 3.34. The maximum absolute atomic E-state index is 13.5. The van der Waals surface area contributed by atoms with Crippen LogP contribution in [0, 0.1) is 5.82 Å². The summed E-state index contributed by atoms with van der Waals surface area (Å²) in [6, 6.07) is 8.21. The first-order chi connectivity index (χ1) is 9.11. The fraction of sp³-hybridized carbons (Fsp3) is 0.267. The summed E-state index contributed by atoms with van der Waals surface area (Å²) in [6.45, 7) is 0. The normalized spacial score (nSPS) is 10.5. The second-order valence-electron chi connectivity index (χ2n) is 4.38. The van der Waals surface area contributed by atoms with Crippen molar-refractivity contribution in [1.82, 2.24) is 4.57 Å². The van der Waals surface area contributed by atoms with Gasteiger partial charge in [-0.2, -0.15) is 0 Å². The Hall–Kier alpha value is -2.10. The Bertz CT molecular complexity index is 590. The number of hydrogen-bond acceptors (Lipinski definition) is 2. The van der Waals surface area contributed by atoms with Gasteiger partial charge in [-0.3, -0.25) is 4.79 Å². The zero-order chi connectivity index (χ0) is 13.8. The number of halogens is 1. The molecule has 0 unspecified atom stereocenters. The number of carbonyl (C=O) groups excluding carboxylic acids is 1. The lowest BCUT2D eigenvalue weighted by molar-refractivity contribution is 0.0982. The minimum absolute atomic E-state index is 0.0669. The van der Waals surface area contributed by atoms with Gasteiger partial charge < -0.3 is 9.30 Å². The number of ketones is 1. The number of hydrogen-bond donors (Lipinski definition) is 0. The van der Waals surface area contributed by atoms with Crippen LogP contribution in [0.25, 0.3) is 0 Å². The summed E-state index contributed by atoms with van der Waals surface area (Å²) >= 11 is 0. The van der Waals surface area contributed by atoms with E-state index < -0.39 is 5.82 Å². The highest BCUT2D eigenvalue weighted by molar-refractivity contribution is 5.96. The third-order valence-corrected chi connectivity index (χ3v) is 3.13. The monoisotopic (exact) mass is 261 g/mol. The van der Waals surface area contributed by atoms with E-state index in [1.807, 2.05) is 29.9 Å². The standard InChI is InChI=1S/C15H16FNO2/c1-17-9-3-4-12(17)6-7-14(18)11-5-8-15(19-2)13(16)10-11/h3-5,8-10H,6-7H2,1-2H3. The summed E-state index contributed by atoms with van der Waals surface area (Å²) in [5.41, 5.74) is 1.47. The predicted molar refractivity (Wildman–Crippen MR) is 71.0 cm³/mol. The van der Waals surface area contributed by atoms with E-state index in [0.717, 1.165) is 5.69 Å². The number of nitrogens with zero attached hydrogens (tertiary/aromatic N) is 1. The Balaban J connectivity index is 2.04. The molecule has 2 rings (SSSR count). The van der Waals surface area contributed by atoms with Crippen molar-refractivity contribution < 1.29 is 13.9 Å². The first kappa shape index (κ1) is 13.3. The molecule has 1 aromatic heterocycles. The Labute approximate surface area is 111 Å². The van der Waals surface area contributed by atoms with Crippen LogP contribution in [0.2, 0.25) is 0 Å². The van der Waals surface area contributed by atoms with E-state index in [4.69, 9.17) is 4.74 Å². The Morgan fingerprint density at radius 3 is 2.74 bits per heavy atom. The van der Waals surface area contributed by atoms with Crippen molar-refractivity contribution in [2.24, 2.45) is 7.05 Å². The number of ether oxygens (including phenoxy) is 1. The Kier molecular flexibility index (Phi) is 4.00. The number of aromatic nitrogens is 1. The van der Waals surface area contributed by atoms with Crippen LogP contribution in [0.4, 0.5) is 4.39 Å². The van der Waals surface area contributed by atoms with E-state index in [9.17, 15) is 9.18 Å². The molecule has 0 radical (unpaired) electrons. The molecule has 0 aliphatic carbocycles. The molecule has 0 saturated carbocycles. The highest BCUT2D eigenvalue weighted by Crippen LogP contribution is 2.19. The second-order valence-corrected chi connectivity index (χ2v) is 4.38. The van der Waals surface area contributed by atoms with E-state index in [2.05, 4.69) is 0 Å². The molecule has 0 bridgehead atoms. The molecule has 1 heterocycles. The zero-order valence-electron chi connectivity index (χ0n) is 11.0. The smallest absolute Gasteiger partial charge is 0.165 e. The molecule has 0 fully saturated rings. The van der Waals surface area contributed by atoms with Gasteiger partial charge in [0.1, 0.15) is 0 Å². The van der Waals surface area contributed by atoms with Gasteiger partial charge in [0, 0.05) is 30.9 Å². The molecule has 1 aromatic carbocycles. The van der Waals surface area contributed by atoms with Crippen LogP contribution in [-0.2, 0) is 13.5 Å². The zero-order valence-corrected chi connectivity index (χ0v) is 11.0. The van der Waals surface area contributed by atoms with Gasteiger partial charge in [-0.25, -0.2) is 4.39 Å². The van der Waals surface area contributed by atoms with Crippen LogP contribution in [0.15, 0.2) is 36.5 Å². The van der Waals surface area contributed by atoms with Crippen molar-refractivity contribution in [3.8, 4) is 5.75 Å². The minimum atomic E-state index is -0.507. The van der Waals surface area contributed by atoms with Crippen molar-refractivity contribution in [3.63, 3.8) is 0 Å². The molecule has 0 N–H and O–H groups in total. The summed E-state index contributed by atoms with van der Waals surface area (Å²) in [5, 5.41) is 0. The average molecular weight is 261 g/mol. The molecular weight excluding hydrogens is 245 g/mol. The molecule has 100 valence electrons. The highest BCUT2D eigenvalue weighted by Gasteiger charge is 2.10. The lowest BCUT2D eigenvalue weighted by Gasteiger charge is -2.05. The minimum Gasteiger partial charge on any atom is -0.494 e. The summed E-state index contributed by atoms with van der Waals surface area (Å²) < 4.78 is 20.3. The van der Waals surface area contributed by atoms with Crippen molar-refractivity contribution in [1.29, 1.82) is 0 Å². The van der Waals surface area contributed by atoms with Crippen molar-refractivity contribution in [2.75, 3.05) is 7.11 Å². The van der Waals surface area contributed by atoms with Gasteiger partial charge in [-0.05, 0) is 36.8 Å². The van der Waals surface area contributed by atoms with Crippen molar-refractivity contribution in [2.45, 2.75) is 12.8 Å². The SMILES string of the molecule is COc1ccc(C(=O)CCc2cccn2C)cc1F. The van der Waals surface area contributed by atoms with E-state index in [1.54, 1.807) is 6.07 Å². The van der Waals surface area contributed by atoms with Gasteiger partial charge in [-0.1, -0.05) is 0 Å². The fourth-order valence-electron chi connectivity index (χ4n) is 1.98. The van der Waals surface area contributed by atoms with E-state index in [0.29, 0.717) is 18.4 Å². The second kappa shape index (κ2) is 5.69. The van der Waals surface area contributed by atoms with Gasteiger partial charge in [0.05, 0.1) is 7.11 Å². The van der Waals surface area contributed by atoms with E-state index >= 15 is 0 Å². The molecule has 3 nitrogen and oxygen atoms in total. The molecule has 0 spiro atoms. The van der Waals surface area contributed by atoms with Crippen LogP contribution in [0.1, 0.15) is 22.5 Å². The van der Waals surface area contributed by atoms with Gasteiger partial charge in [0.15, 0.2) is 17.3 Å². The Morgan fingerprint density at radius 2 is 2.16 bits per heavy atom. The van der Waals surface area contributed by atoms with E-state index in [1.165, 1.54) is 19.2 Å². The lowest BCUT2D eigenvalue weighted by atomic mass is 10.1. The van der Waals surface area contributed by atoms with Crippen LogP contribution in [-0.4, -0.2) is 17.5 Å². The quantitative estimate of drug-likeness (QED) is 0.775. The number of carbonyl (C=O) groups is 1. The number of Topliss-reactive ketones (excluding diaryl/α,β-unsaturated/α-hetero) is 1. The first-order valence-electron chi connectivity index (χ1n) is 6.08. The number of methoxy groups -OCH3 is 1. The van der Waals surface area contributed by atoms with Gasteiger partial charge >= 0.3 is 0 Å². The first-order valence-corrected chi connectivity index (χ1v) is 6.08. The van der Waals surface area contributed by atoms with Crippen molar-refractivity contribution in [3.05, 3.63) is 53.6 Å². The molecule has 4 heteroatoms. The highest BCUT2D eigenvalue weighted by atomic mass is 19.1. The number of rotatable bonds is 5. The largest absolute Gasteiger partial charge is 0.494 e. The molecule has 2 aromatic rings. The third-order valence-electron chi connectivity index (χ3n) is 3.13. The van der Waals surface area contributed by atoms with Crippen LogP contribution in [0.3, 0.4) is 0 Å². The van der Waals surface area contributed by atoms with Gasteiger partial charge in [0.2, 0.25) is 0 Å².